The van der Waals surface area contributed by atoms with E-state index in [-0.39, 0.29) is 5.82 Å². The first-order valence-corrected chi connectivity index (χ1v) is 6.46. The summed E-state index contributed by atoms with van der Waals surface area (Å²) in [5, 5.41) is 3.26. The second-order valence-electron chi connectivity index (χ2n) is 4.83. The van der Waals surface area contributed by atoms with E-state index in [0.29, 0.717) is 23.5 Å². The molecule has 4 heteroatoms. The molecule has 0 aliphatic heterocycles. The fraction of sp³-hybridized carbons (Fsp3) is 0.692. The topological polar surface area (TPSA) is 37.8 Å². The summed E-state index contributed by atoms with van der Waals surface area (Å²) in [6.07, 6.45) is 7.43. The molecule has 2 atom stereocenters. The molecule has 0 radical (unpaired) electrons. The van der Waals surface area contributed by atoms with E-state index in [9.17, 15) is 4.39 Å². The van der Waals surface area contributed by atoms with Crippen molar-refractivity contribution in [1.82, 2.24) is 9.97 Å². The lowest BCUT2D eigenvalue weighted by atomic mass is 9.83. The van der Waals surface area contributed by atoms with Gasteiger partial charge in [-0.2, -0.15) is 0 Å². The Morgan fingerprint density at radius 1 is 1.35 bits per heavy atom. The molecule has 2 rings (SSSR count). The summed E-state index contributed by atoms with van der Waals surface area (Å²) in [6.45, 7) is 3.87. The molecular weight excluding hydrogens is 217 g/mol. The zero-order valence-electron chi connectivity index (χ0n) is 10.5. The van der Waals surface area contributed by atoms with E-state index >= 15 is 0 Å². The normalized spacial score (nSPS) is 24.6. The predicted molar refractivity (Wildman–Crippen MR) is 66.4 cm³/mol. The van der Waals surface area contributed by atoms with Crippen LogP contribution in [0, 0.1) is 18.7 Å². The molecule has 1 fully saturated rings. The zero-order valence-corrected chi connectivity index (χ0v) is 10.5. The van der Waals surface area contributed by atoms with E-state index in [4.69, 9.17) is 0 Å². The SMILES string of the molecule is CCC1CCCCC1Nc1ncnc(C)c1F. The number of halogens is 1. The lowest BCUT2D eigenvalue weighted by Crippen LogP contribution is -2.32. The molecule has 17 heavy (non-hydrogen) atoms. The molecule has 0 amide bonds. The maximum Gasteiger partial charge on any atom is 0.186 e. The number of hydrogen-bond donors (Lipinski definition) is 1. The zero-order chi connectivity index (χ0) is 12.3. The number of aromatic nitrogens is 2. The molecule has 0 saturated heterocycles. The van der Waals surface area contributed by atoms with Crippen LogP contribution in [0.25, 0.3) is 0 Å². The first kappa shape index (κ1) is 12.3. The van der Waals surface area contributed by atoms with Crippen molar-refractivity contribution in [3.05, 3.63) is 17.8 Å². The van der Waals surface area contributed by atoms with Crippen molar-refractivity contribution in [2.75, 3.05) is 5.32 Å². The number of hydrogen-bond acceptors (Lipinski definition) is 3. The monoisotopic (exact) mass is 237 g/mol. The van der Waals surface area contributed by atoms with Gasteiger partial charge in [0.1, 0.15) is 6.33 Å². The maximum atomic E-state index is 13.8. The largest absolute Gasteiger partial charge is 0.365 e. The second kappa shape index (κ2) is 5.43. The highest BCUT2D eigenvalue weighted by Crippen LogP contribution is 2.29. The van der Waals surface area contributed by atoms with Gasteiger partial charge in [0.25, 0.3) is 0 Å². The smallest absolute Gasteiger partial charge is 0.186 e. The van der Waals surface area contributed by atoms with Gasteiger partial charge in [-0.25, -0.2) is 14.4 Å². The lowest BCUT2D eigenvalue weighted by molar-refractivity contribution is 0.316. The third-order valence-electron chi connectivity index (χ3n) is 3.72. The van der Waals surface area contributed by atoms with E-state index in [1.165, 1.54) is 25.6 Å². The Balaban J connectivity index is 2.11. The summed E-state index contributed by atoms with van der Waals surface area (Å²) in [4.78, 5) is 7.85. The first-order valence-electron chi connectivity index (χ1n) is 6.46. The van der Waals surface area contributed by atoms with E-state index in [1.54, 1.807) is 6.92 Å². The summed E-state index contributed by atoms with van der Waals surface area (Å²) in [5.74, 6) is 0.689. The second-order valence-corrected chi connectivity index (χ2v) is 4.83. The molecule has 2 unspecified atom stereocenters. The maximum absolute atomic E-state index is 13.8. The van der Waals surface area contributed by atoms with E-state index in [1.807, 2.05) is 0 Å². The van der Waals surface area contributed by atoms with Crippen LogP contribution in [-0.4, -0.2) is 16.0 Å². The fourth-order valence-electron chi connectivity index (χ4n) is 2.62. The van der Waals surface area contributed by atoms with Gasteiger partial charge < -0.3 is 5.32 Å². The highest BCUT2D eigenvalue weighted by molar-refractivity contribution is 5.38. The third kappa shape index (κ3) is 2.73. The van der Waals surface area contributed by atoms with Gasteiger partial charge >= 0.3 is 0 Å². The molecule has 0 bridgehead atoms. The van der Waals surface area contributed by atoms with Gasteiger partial charge in [-0.3, -0.25) is 0 Å². The Labute approximate surface area is 102 Å². The van der Waals surface area contributed by atoms with Crippen molar-refractivity contribution in [1.29, 1.82) is 0 Å². The lowest BCUT2D eigenvalue weighted by Gasteiger charge is -2.31. The minimum absolute atomic E-state index is 0.312. The van der Waals surface area contributed by atoms with Gasteiger partial charge in [0.05, 0.1) is 5.69 Å². The molecule has 3 nitrogen and oxygen atoms in total. The highest BCUT2D eigenvalue weighted by Gasteiger charge is 2.24. The van der Waals surface area contributed by atoms with E-state index in [0.717, 1.165) is 12.8 Å². The van der Waals surface area contributed by atoms with Crippen LogP contribution >= 0.6 is 0 Å². The number of nitrogens with one attached hydrogen (secondary N) is 1. The molecule has 1 aromatic heterocycles. The summed E-state index contributed by atoms with van der Waals surface area (Å²) < 4.78 is 13.8. The predicted octanol–water partition coefficient (Wildman–Crippen LogP) is 3.30. The van der Waals surface area contributed by atoms with Crippen LogP contribution in [-0.2, 0) is 0 Å². The van der Waals surface area contributed by atoms with Gasteiger partial charge in [0, 0.05) is 6.04 Å². The average molecular weight is 237 g/mol. The molecule has 1 heterocycles. The Morgan fingerprint density at radius 2 is 2.12 bits per heavy atom. The fourth-order valence-corrected chi connectivity index (χ4v) is 2.62. The van der Waals surface area contributed by atoms with Crippen molar-refractivity contribution in [3.8, 4) is 0 Å². The van der Waals surface area contributed by atoms with Crippen LogP contribution < -0.4 is 5.32 Å². The standard InChI is InChI=1S/C13H20FN3/c1-3-10-6-4-5-7-11(10)17-13-12(14)9(2)15-8-16-13/h8,10-11H,3-7H2,1-2H3,(H,15,16,17). The van der Waals surface area contributed by atoms with Crippen LogP contribution in [0.5, 0.6) is 0 Å². The quantitative estimate of drug-likeness (QED) is 0.876. The van der Waals surface area contributed by atoms with Crippen molar-refractivity contribution in [2.24, 2.45) is 5.92 Å². The van der Waals surface area contributed by atoms with Crippen LogP contribution in [0.3, 0.4) is 0 Å². The van der Waals surface area contributed by atoms with E-state index in [2.05, 4.69) is 22.2 Å². The van der Waals surface area contributed by atoms with Crippen LogP contribution in [0.15, 0.2) is 6.33 Å². The number of aryl methyl sites for hydroxylation is 1. The molecule has 1 aliphatic carbocycles. The van der Waals surface area contributed by atoms with Crippen molar-refractivity contribution < 1.29 is 4.39 Å². The van der Waals surface area contributed by atoms with Gasteiger partial charge in [-0.1, -0.05) is 26.2 Å². The minimum Gasteiger partial charge on any atom is -0.365 e. The Hall–Kier alpha value is -1.19. The molecular formula is C13H20FN3. The number of rotatable bonds is 3. The van der Waals surface area contributed by atoms with E-state index < -0.39 is 0 Å². The van der Waals surface area contributed by atoms with Gasteiger partial charge in [-0.15, -0.1) is 0 Å². The minimum atomic E-state index is -0.312. The molecule has 0 spiro atoms. The van der Waals surface area contributed by atoms with Gasteiger partial charge in [-0.05, 0) is 25.7 Å². The highest BCUT2D eigenvalue weighted by atomic mass is 19.1. The molecule has 1 aromatic rings. The average Bonchev–Trinajstić information content (AvgIpc) is 2.35. The van der Waals surface area contributed by atoms with Gasteiger partial charge in [0.2, 0.25) is 0 Å². The molecule has 1 saturated carbocycles. The van der Waals surface area contributed by atoms with Crippen LogP contribution in [0.1, 0.15) is 44.7 Å². The summed E-state index contributed by atoms with van der Waals surface area (Å²) in [7, 11) is 0. The summed E-state index contributed by atoms with van der Waals surface area (Å²) in [6, 6.07) is 0.359. The Morgan fingerprint density at radius 3 is 2.88 bits per heavy atom. The first-order chi connectivity index (χ1) is 8.22. The molecule has 0 aromatic carbocycles. The molecule has 94 valence electrons. The molecule has 1 N–H and O–H groups in total. The van der Waals surface area contributed by atoms with Gasteiger partial charge in [0.15, 0.2) is 11.6 Å². The van der Waals surface area contributed by atoms with Crippen LogP contribution in [0.4, 0.5) is 10.2 Å². The third-order valence-corrected chi connectivity index (χ3v) is 3.72. The van der Waals surface area contributed by atoms with Crippen molar-refractivity contribution >= 4 is 5.82 Å². The summed E-state index contributed by atoms with van der Waals surface area (Å²) >= 11 is 0. The summed E-state index contributed by atoms with van der Waals surface area (Å²) in [5.41, 5.74) is 0.409. The molecule has 1 aliphatic rings. The van der Waals surface area contributed by atoms with Crippen molar-refractivity contribution in [3.63, 3.8) is 0 Å². The number of nitrogens with zero attached hydrogens (tertiary/aromatic N) is 2. The number of anilines is 1. The van der Waals surface area contributed by atoms with Crippen LogP contribution in [0.2, 0.25) is 0 Å². The van der Waals surface area contributed by atoms with Crippen molar-refractivity contribution in [2.45, 2.75) is 52.0 Å². The Kier molecular flexibility index (Phi) is 3.92. The Bertz CT molecular complexity index is 381.